The molecule has 760 valence electrons. The number of likely N-dealkylation sites (tertiary alicyclic amines) is 6. The van der Waals surface area contributed by atoms with Crippen molar-refractivity contribution >= 4 is 209 Å². The van der Waals surface area contributed by atoms with Gasteiger partial charge in [-0.05, 0) is 396 Å². The molecule has 22 nitrogen and oxygen atoms in total. The van der Waals surface area contributed by atoms with E-state index in [0.717, 1.165) is 299 Å². The summed E-state index contributed by atoms with van der Waals surface area (Å²) in [4.78, 5) is 87.4. The van der Waals surface area contributed by atoms with E-state index in [1.807, 2.05) is 126 Å². The second kappa shape index (κ2) is 48.0. The zero-order valence-corrected chi connectivity index (χ0v) is 96.9. The van der Waals surface area contributed by atoms with Crippen molar-refractivity contribution in [3.8, 4) is 0 Å². The summed E-state index contributed by atoms with van der Waals surface area (Å²) in [5.74, 6) is 3.08. The minimum Gasteiger partial charge on any atom is -0.343 e. The van der Waals surface area contributed by atoms with Crippen molar-refractivity contribution < 1.29 is 77.7 Å². The average molecular weight is 2550 g/mol. The van der Waals surface area contributed by atoms with Gasteiger partial charge in [-0.2, -0.15) is 0 Å². The number of amides is 6. The number of carbonyl (C=O) groups excluding carboxylic acids is 6. The van der Waals surface area contributed by atoms with Gasteiger partial charge in [-0.15, -0.1) is 0 Å². The largest absolute Gasteiger partial charge is 0.343 e. The van der Waals surface area contributed by atoms with Gasteiger partial charge in [0, 0.05) is 189 Å². The summed E-state index contributed by atoms with van der Waals surface area (Å²) >= 11 is 55.0. The van der Waals surface area contributed by atoms with Crippen molar-refractivity contribution in [3.05, 3.63) is 303 Å². The van der Waals surface area contributed by atoms with Gasteiger partial charge in [0.15, 0.2) is 24.8 Å². The Kier molecular flexibility index (Phi) is 36.0. The Bertz CT molecular complexity index is 6120. The number of carbonyl (C=O) groups is 6. The topological polar surface area (TPSA) is 226 Å². The lowest BCUT2D eigenvalue weighted by molar-refractivity contribution is -0.911. The Morgan fingerprint density at radius 2 is 0.521 bits per heavy atom. The molecule has 0 spiro atoms. The first kappa shape index (κ1) is 108. The van der Waals surface area contributed by atoms with E-state index >= 15 is 0 Å². The third kappa shape index (κ3) is 24.7. The number of nitrogens with zero attached hydrogens (tertiary/aromatic N) is 12. The second-order valence-corrected chi connectivity index (χ2v) is 49.0. The third-order valence-electron chi connectivity index (χ3n) is 31.9. The summed E-state index contributed by atoms with van der Waals surface area (Å²) in [5.41, 5.74) is 20.1. The number of fused-ring (bicyclic) bond motifs is 8. The molecular formula is C110H122Br8Cl4N12O10+6. The Morgan fingerprint density at radius 1 is 0.306 bits per heavy atom. The molecular weight excluding hydrogens is 2430 g/mol. The molecule has 4 aliphatic carbocycles. The van der Waals surface area contributed by atoms with Crippen LogP contribution in [0.3, 0.4) is 0 Å². The molecule has 4 N–H and O–H groups in total. The summed E-state index contributed by atoms with van der Waals surface area (Å²) in [6.07, 6.45) is 34.1. The number of aromatic nitrogens is 6. The molecule has 6 aliphatic heterocycles. The normalized spacial score (nSPS) is 19.5. The third-order valence-corrected chi connectivity index (χ3v) is 39.4. The van der Waals surface area contributed by atoms with E-state index in [2.05, 4.69) is 176 Å². The van der Waals surface area contributed by atoms with Crippen LogP contribution in [0, 0.1) is 35.5 Å². The Balaban J connectivity index is 0.000000132. The molecule has 20 rings (SSSR count). The fourth-order valence-electron chi connectivity index (χ4n) is 24.2. The van der Waals surface area contributed by atoms with Crippen LogP contribution in [0.4, 0.5) is 0 Å². The fourth-order valence-corrected chi connectivity index (χ4v) is 29.0. The Hall–Kier alpha value is -7.20. The van der Waals surface area contributed by atoms with Crippen LogP contribution >= 0.6 is 174 Å². The van der Waals surface area contributed by atoms with Crippen molar-refractivity contribution in [2.75, 3.05) is 78.5 Å². The average Bonchev–Trinajstić information content (AvgIpc) is 1.57. The SMILES string of the molecule is CC(=O)N1CCC(CC(=O)N2CCC([C@@H]3c4ccc(Cl)c(Br)c4CCc4cc(Br)c[n+](O)c43)CC2)CC1.CC(=O)N1CCC(CC(=O)N2CCC([C@H]3c4ccc(Cl)c(Br)c4CCc4cc(Br)c[n+](O)c43)CC2)CC1.C[n+]1ccc(CC(=O)N2CCC([C@@H]3c4ccc(Cl)c(Br)c4CCc4cc(Br)c[n+](O)c43)CC2)cc1.C[n+]1ccc(CC(=O)N2CCC([C@H]3c4ccc(Cl)c(Br)c4CCc4cc(Br)c[n+](O)c43)CC2)cc1. The van der Waals surface area contributed by atoms with Gasteiger partial charge in [0.2, 0.25) is 83.0 Å². The van der Waals surface area contributed by atoms with Crippen LogP contribution < -0.4 is 28.1 Å². The van der Waals surface area contributed by atoms with Gasteiger partial charge >= 0.3 is 0 Å². The van der Waals surface area contributed by atoms with E-state index in [1.165, 1.54) is 63.4 Å². The summed E-state index contributed by atoms with van der Waals surface area (Å²) in [5, 5.41) is 47.0. The van der Waals surface area contributed by atoms with Crippen LogP contribution in [-0.2, 0) is 107 Å². The molecule has 10 aromatic rings. The van der Waals surface area contributed by atoms with Crippen LogP contribution in [0.25, 0.3) is 0 Å². The molecule has 6 amide bonds. The number of hydrogen-bond acceptors (Lipinski definition) is 10. The molecule has 0 saturated carbocycles. The first-order chi connectivity index (χ1) is 69.1. The lowest BCUT2D eigenvalue weighted by Crippen LogP contribution is -2.44. The maximum absolute atomic E-state index is 13.2. The van der Waals surface area contributed by atoms with Crippen molar-refractivity contribution in [3.63, 3.8) is 0 Å². The molecule has 6 fully saturated rings. The highest BCUT2D eigenvalue weighted by Gasteiger charge is 2.48. The van der Waals surface area contributed by atoms with Gasteiger partial charge in [0.05, 0.1) is 74.5 Å². The number of aryl methyl sites for hydroxylation is 6. The summed E-state index contributed by atoms with van der Waals surface area (Å²) in [6, 6.07) is 32.8. The molecule has 144 heavy (non-hydrogen) atoms. The Morgan fingerprint density at radius 3 is 0.743 bits per heavy atom. The molecule has 0 bridgehead atoms. The van der Waals surface area contributed by atoms with Gasteiger partial charge in [-0.25, -0.2) is 9.13 Å². The molecule has 0 unspecified atom stereocenters. The number of halogens is 12. The van der Waals surface area contributed by atoms with E-state index in [-0.39, 0.29) is 59.1 Å². The van der Waals surface area contributed by atoms with Crippen LogP contribution in [0.1, 0.15) is 228 Å². The highest BCUT2D eigenvalue weighted by Crippen LogP contribution is 2.52. The van der Waals surface area contributed by atoms with E-state index in [0.29, 0.717) is 81.3 Å². The number of hydrogen-bond donors (Lipinski definition) is 4. The lowest BCUT2D eigenvalue weighted by atomic mass is 9.76. The zero-order chi connectivity index (χ0) is 102. The monoisotopic (exact) mass is 2540 g/mol. The minimum atomic E-state index is 0.0207. The second-order valence-electron chi connectivity index (χ2n) is 40.6. The number of pyridine rings is 6. The van der Waals surface area contributed by atoms with E-state index in [1.54, 1.807) is 38.6 Å². The molecule has 4 aromatic carbocycles. The summed E-state index contributed by atoms with van der Waals surface area (Å²) in [7, 11) is 3.95. The minimum absolute atomic E-state index is 0.0207. The number of piperidine rings is 6. The van der Waals surface area contributed by atoms with Crippen LogP contribution in [0.5, 0.6) is 0 Å². The summed E-state index contributed by atoms with van der Waals surface area (Å²) in [6.45, 7) is 12.1. The van der Waals surface area contributed by atoms with Crippen LogP contribution in [0.15, 0.2) is 182 Å². The predicted molar refractivity (Wildman–Crippen MR) is 579 cm³/mol. The van der Waals surface area contributed by atoms with Crippen molar-refractivity contribution in [2.45, 2.75) is 192 Å². The predicted octanol–water partition coefficient (Wildman–Crippen LogP) is 20.9. The van der Waals surface area contributed by atoms with Crippen molar-refractivity contribution in [1.29, 1.82) is 0 Å². The first-order valence-corrected chi connectivity index (χ1v) is 58.0. The van der Waals surface area contributed by atoms with Gasteiger partial charge in [0.1, 0.15) is 14.1 Å². The van der Waals surface area contributed by atoms with Crippen molar-refractivity contribution in [1.82, 2.24) is 29.4 Å². The molecule has 6 saturated heterocycles. The molecule has 12 heterocycles. The standard InChI is InChI=1S/2C28H33Br2ClN3O3.2C27H28Br2ClN3O2/c2*1-17(35)32-10-6-18(7-11-32)14-25(36)33-12-8-19(9-13-33)26-22-4-5-24(31)27(30)23(22)3-2-20-15-21(29)16-34(37)28(20)26;2*1-31-10-6-17(7-11-31)14-24(34)32-12-8-18(9-13-32)25-21-4-5-23(30)26(29)22(21)3-2-19-15-20(28)16-33(35)27(19)25/h2*4-5,15-16,18-19,26,37H,2-3,6-14H2,1H3;2*4-7,10-11,15-16,18,25,35H,2-3,8-9,12-14H2,1H3/q2*+1;2*+2/t2*26-;2*25-/m1010/s1. The molecule has 4 atom stereocenters. The van der Waals surface area contributed by atoms with Gasteiger partial charge in [-0.1, -0.05) is 70.7 Å². The molecule has 34 heteroatoms. The van der Waals surface area contributed by atoms with E-state index in [4.69, 9.17) is 46.4 Å². The maximum atomic E-state index is 13.2. The van der Waals surface area contributed by atoms with Gasteiger partial charge < -0.3 is 29.4 Å². The zero-order valence-electron chi connectivity index (χ0n) is 81.2. The fraction of sp³-hybridized carbons (Fsp3) is 0.455. The lowest BCUT2D eigenvalue weighted by Gasteiger charge is -2.37. The van der Waals surface area contributed by atoms with Crippen LogP contribution in [-0.4, -0.2) is 164 Å². The molecule has 6 aromatic heterocycles. The quantitative estimate of drug-likeness (QED) is 0.0668. The van der Waals surface area contributed by atoms with E-state index in [9.17, 15) is 49.6 Å². The maximum Gasteiger partial charge on any atom is 0.245 e. The smallest absolute Gasteiger partial charge is 0.245 e. The van der Waals surface area contributed by atoms with E-state index < -0.39 is 0 Å². The Labute approximate surface area is 930 Å². The van der Waals surface area contributed by atoms with Crippen LogP contribution in [0.2, 0.25) is 20.1 Å². The van der Waals surface area contributed by atoms with Gasteiger partial charge in [-0.3, -0.25) is 49.6 Å². The van der Waals surface area contributed by atoms with Gasteiger partial charge in [0.25, 0.3) is 0 Å². The first-order valence-electron chi connectivity index (χ1n) is 50.2. The highest BCUT2D eigenvalue weighted by molar-refractivity contribution is 9.11. The summed E-state index contributed by atoms with van der Waals surface area (Å²) < 4.78 is 16.3. The highest BCUT2D eigenvalue weighted by atomic mass is 79.9. The number of rotatable bonds is 12. The van der Waals surface area contributed by atoms with Crippen molar-refractivity contribution in [2.24, 2.45) is 49.6 Å². The number of benzene rings is 4. The molecule has 10 aliphatic rings. The molecule has 0 radical (unpaired) electrons.